The van der Waals surface area contributed by atoms with Crippen molar-refractivity contribution in [3.63, 3.8) is 0 Å². The van der Waals surface area contributed by atoms with Crippen LogP contribution in [0.15, 0.2) is 16.5 Å². The quantitative estimate of drug-likeness (QED) is 0.874. The van der Waals surface area contributed by atoms with E-state index in [1.165, 1.54) is 16.5 Å². The average molecular weight is 287 g/mol. The van der Waals surface area contributed by atoms with E-state index < -0.39 is 0 Å². The van der Waals surface area contributed by atoms with Gasteiger partial charge in [-0.2, -0.15) is 0 Å². The molecule has 1 aromatic carbocycles. The van der Waals surface area contributed by atoms with E-state index in [4.69, 9.17) is 9.15 Å². The van der Waals surface area contributed by atoms with Crippen LogP contribution in [-0.4, -0.2) is 43.4 Å². The predicted octanol–water partition coefficient (Wildman–Crippen LogP) is 2.32. The van der Waals surface area contributed by atoms with Gasteiger partial charge in [-0.25, -0.2) is 0 Å². The summed E-state index contributed by atoms with van der Waals surface area (Å²) in [6.07, 6.45) is 2.17. The van der Waals surface area contributed by atoms with Gasteiger partial charge in [-0.1, -0.05) is 6.07 Å². The summed E-state index contributed by atoms with van der Waals surface area (Å²) in [6, 6.07) is 4.16. The highest BCUT2D eigenvalue weighted by Gasteiger charge is 2.34. The molecule has 1 aliphatic carbocycles. The van der Waals surface area contributed by atoms with Gasteiger partial charge in [0.1, 0.15) is 5.76 Å². The molecule has 0 unspecified atom stereocenters. The van der Waals surface area contributed by atoms with Crippen molar-refractivity contribution in [3.8, 4) is 5.75 Å². The molecule has 0 spiro atoms. The normalized spacial score (nSPS) is 25.7. The maximum absolute atomic E-state index is 10.2. The van der Waals surface area contributed by atoms with Crippen molar-refractivity contribution in [2.75, 3.05) is 27.2 Å². The molecule has 1 aromatic heterocycles. The summed E-state index contributed by atoms with van der Waals surface area (Å²) in [5.74, 6) is 2.10. The Morgan fingerprint density at radius 3 is 3.05 bits per heavy atom. The lowest BCUT2D eigenvalue weighted by atomic mass is 9.81. The van der Waals surface area contributed by atoms with Crippen LogP contribution in [0, 0.1) is 0 Å². The van der Waals surface area contributed by atoms with Gasteiger partial charge in [0.25, 0.3) is 0 Å². The zero-order valence-corrected chi connectivity index (χ0v) is 12.6. The molecular formula is C17H21NO3. The largest absolute Gasteiger partial charge is 0.493 e. The minimum atomic E-state index is -0.301. The van der Waals surface area contributed by atoms with Crippen LogP contribution in [0.1, 0.15) is 29.2 Å². The third-order valence-electron chi connectivity index (χ3n) is 4.90. The van der Waals surface area contributed by atoms with Gasteiger partial charge in [-0.3, -0.25) is 0 Å². The number of nitrogens with zero attached hydrogens (tertiary/aromatic N) is 1. The lowest BCUT2D eigenvalue weighted by Crippen LogP contribution is -2.33. The number of ether oxygens (including phenoxy) is 1. The molecule has 2 aliphatic rings. The molecule has 4 rings (SSSR count). The molecule has 0 saturated heterocycles. The van der Waals surface area contributed by atoms with Crippen LogP contribution >= 0.6 is 0 Å². The van der Waals surface area contributed by atoms with Crippen molar-refractivity contribution < 1.29 is 14.3 Å². The molecule has 21 heavy (non-hydrogen) atoms. The van der Waals surface area contributed by atoms with Crippen LogP contribution < -0.4 is 4.74 Å². The standard InChI is InChI=1S/C17H21NO3/c1-18-6-5-10-3-4-13(20-2)17-16(10)15-11(9-18)7-12(19)8-14(15)21-17/h3-4,11-12,19H,5-9H2,1-2H3/t11-,12+/m1/s1. The summed E-state index contributed by atoms with van der Waals surface area (Å²) in [7, 11) is 3.84. The second-order valence-corrected chi connectivity index (χ2v) is 6.37. The smallest absolute Gasteiger partial charge is 0.176 e. The van der Waals surface area contributed by atoms with Crippen molar-refractivity contribution in [2.45, 2.75) is 31.3 Å². The number of furan rings is 1. The minimum Gasteiger partial charge on any atom is -0.493 e. The molecule has 4 heteroatoms. The molecule has 1 N–H and O–H groups in total. The Morgan fingerprint density at radius 1 is 1.38 bits per heavy atom. The highest BCUT2D eigenvalue weighted by molar-refractivity contribution is 5.91. The number of hydrogen-bond donors (Lipinski definition) is 1. The number of aliphatic hydroxyl groups excluding tert-OH is 1. The van der Waals surface area contributed by atoms with Gasteiger partial charge in [0.05, 0.1) is 13.2 Å². The second kappa shape index (κ2) is 4.75. The molecule has 0 amide bonds. The van der Waals surface area contributed by atoms with Crippen LogP contribution in [0.25, 0.3) is 11.0 Å². The van der Waals surface area contributed by atoms with Gasteiger partial charge in [-0.15, -0.1) is 0 Å². The molecule has 0 bridgehead atoms. The molecule has 4 nitrogen and oxygen atoms in total. The highest BCUT2D eigenvalue weighted by atomic mass is 16.5. The van der Waals surface area contributed by atoms with Crippen molar-refractivity contribution in [3.05, 3.63) is 29.0 Å². The van der Waals surface area contributed by atoms with Crippen LogP contribution in [-0.2, 0) is 12.8 Å². The Balaban J connectivity index is 2.02. The molecule has 1 aliphatic heterocycles. The Morgan fingerprint density at radius 2 is 2.24 bits per heavy atom. The molecule has 112 valence electrons. The summed E-state index contributed by atoms with van der Waals surface area (Å²) in [4.78, 5) is 2.36. The lowest BCUT2D eigenvalue weighted by molar-refractivity contribution is 0.129. The van der Waals surface area contributed by atoms with Gasteiger partial charge >= 0.3 is 0 Å². The van der Waals surface area contributed by atoms with Crippen molar-refractivity contribution in [1.29, 1.82) is 0 Å². The fourth-order valence-electron chi connectivity index (χ4n) is 3.96. The molecule has 0 saturated carbocycles. The summed E-state index contributed by atoms with van der Waals surface area (Å²) in [5, 5.41) is 11.4. The Kier molecular flexibility index (Phi) is 2.98. The van der Waals surface area contributed by atoms with E-state index in [1.54, 1.807) is 7.11 Å². The highest BCUT2D eigenvalue weighted by Crippen LogP contribution is 2.44. The maximum atomic E-state index is 10.2. The van der Waals surface area contributed by atoms with Gasteiger partial charge in [0.2, 0.25) is 0 Å². The van der Waals surface area contributed by atoms with Gasteiger partial charge in [0, 0.05) is 36.4 Å². The SMILES string of the molecule is COc1ccc2c3c4c(oc13)C[C@@H](O)C[C@@H]4CN(C)CC2. The van der Waals surface area contributed by atoms with Crippen LogP contribution in [0.3, 0.4) is 0 Å². The topological polar surface area (TPSA) is 45.8 Å². The third kappa shape index (κ3) is 1.97. The van der Waals surface area contributed by atoms with E-state index in [9.17, 15) is 5.11 Å². The van der Waals surface area contributed by atoms with Crippen molar-refractivity contribution >= 4 is 11.0 Å². The van der Waals surface area contributed by atoms with E-state index >= 15 is 0 Å². The summed E-state index contributed by atoms with van der Waals surface area (Å²) >= 11 is 0. The zero-order valence-electron chi connectivity index (χ0n) is 12.6. The van der Waals surface area contributed by atoms with E-state index in [0.29, 0.717) is 12.3 Å². The zero-order chi connectivity index (χ0) is 14.6. The third-order valence-corrected chi connectivity index (χ3v) is 4.90. The molecule has 0 fully saturated rings. The van der Waals surface area contributed by atoms with E-state index in [-0.39, 0.29) is 6.10 Å². The summed E-state index contributed by atoms with van der Waals surface area (Å²) in [6.45, 7) is 2.02. The summed E-state index contributed by atoms with van der Waals surface area (Å²) in [5.41, 5.74) is 3.52. The monoisotopic (exact) mass is 287 g/mol. The first-order valence-corrected chi connectivity index (χ1v) is 7.65. The fourth-order valence-corrected chi connectivity index (χ4v) is 3.96. The molecular weight excluding hydrogens is 266 g/mol. The summed E-state index contributed by atoms with van der Waals surface area (Å²) < 4.78 is 11.6. The van der Waals surface area contributed by atoms with Crippen LogP contribution in [0.2, 0.25) is 0 Å². The number of aliphatic hydroxyl groups is 1. The second-order valence-electron chi connectivity index (χ2n) is 6.37. The number of rotatable bonds is 1. The number of hydrogen-bond acceptors (Lipinski definition) is 4. The first kappa shape index (κ1) is 13.2. The van der Waals surface area contributed by atoms with Crippen molar-refractivity contribution in [2.24, 2.45) is 0 Å². The van der Waals surface area contributed by atoms with Crippen LogP contribution in [0.4, 0.5) is 0 Å². The van der Waals surface area contributed by atoms with E-state index in [0.717, 1.165) is 43.0 Å². The Labute approximate surface area is 124 Å². The molecule has 2 aromatic rings. The molecule has 0 radical (unpaired) electrons. The van der Waals surface area contributed by atoms with E-state index in [2.05, 4.69) is 18.0 Å². The predicted molar refractivity (Wildman–Crippen MR) is 81.0 cm³/mol. The van der Waals surface area contributed by atoms with Crippen molar-refractivity contribution in [1.82, 2.24) is 4.90 Å². The molecule has 2 atom stereocenters. The fraction of sp³-hybridized carbons (Fsp3) is 0.529. The van der Waals surface area contributed by atoms with E-state index in [1.807, 2.05) is 6.07 Å². The van der Waals surface area contributed by atoms with Gasteiger partial charge in [-0.05, 0) is 31.5 Å². The number of methoxy groups -OCH3 is 1. The lowest BCUT2D eigenvalue weighted by Gasteiger charge is -2.31. The Bertz CT molecular complexity index is 691. The Hall–Kier alpha value is -1.52. The first-order valence-electron chi connectivity index (χ1n) is 7.65. The first-order chi connectivity index (χ1) is 10.2. The minimum absolute atomic E-state index is 0.301. The average Bonchev–Trinajstić information content (AvgIpc) is 2.82. The van der Waals surface area contributed by atoms with Crippen LogP contribution in [0.5, 0.6) is 5.75 Å². The van der Waals surface area contributed by atoms with Gasteiger partial charge in [0.15, 0.2) is 11.3 Å². The van der Waals surface area contributed by atoms with Gasteiger partial charge < -0.3 is 19.2 Å². The number of benzene rings is 1. The number of likely N-dealkylation sites (N-methyl/N-ethyl adjacent to an activating group) is 1. The molecule has 2 heterocycles. The maximum Gasteiger partial charge on any atom is 0.176 e.